The fourth-order valence-electron chi connectivity index (χ4n) is 4.77. The normalized spacial score (nSPS) is 15.4. The first-order valence-electron chi connectivity index (χ1n) is 12.3. The van der Waals surface area contributed by atoms with Crippen molar-refractivity contribution in [1.29, 1.82) is 0 Å². The number of aromatic nitrogens is 4. The third-order valence-corrected chi connectivity index (χ3v) is 6.67. The lowest BCUT2D eigenvalue weighted by atomic mass is 9.92. The van der Waals surface area contributed by atoms with E-state index in [1.54, 1.807) is 36.8 Å². The Balaban J connectivity index is 1.56. The number of alkyl halides is 6. The molecule has 0 amide bonds. The molecule has 204 valence electrons. The molecule has 3 aromatic heterocycles. The predicted octanol–water partition coefficient (Wildman–Crippen LogP) is 6.93. The van der Waals surface area contributed by atoms with E-state index in [0.717, 1.165) is 43.7 Å². The zero-order chi connectivity index (χ0) is 27.6. The first-order chi connectivity index (χ1) is 18.6. The quantitative estimate of drug-likeness (QED) is 0.244. The van der Waals surface area contributed by atoms with Crippen molar-refractivity contribution in [1.82, 2.24) is 20.1 Å². The Morgan fingerprint density at radius 2 is 1.67 bits per heavy atom. The van der Waals surface area contributed by atoms with Gasteiger partial charge >= 0.3 is 12.4 Å². The van der Waals surface area contributed by atoms with E-state index in [4.69, 9.17) is 4.52 Å². The van der Waals surface area contributed by atoms with Crippen LogP contribution in [0.1, 0.15) is 53.3 Å². The van der Waals surface area contributed by atoms with Gasteiger partial charge in [0.2, 0.25) is 0 Å². The molecule has 4 aromatic rings. The molecule has 0 bridgehead atoms. The molecule has 39 heavy (non-hydrogen) atoms. The average Bonchev–Trinajstić information content (AvgIpc) is 3.41. The summed E-state index contributed by atoms with van der Waals surface area (Å²) in [6.07, 6.45) is -1.40. The highest BCUT2D eigenvalue weighted by Gasteiger charge is 2.39. The monoisotopic (exact) mass is 547 g/mol. The maximum absolute atomic E-state index is 13.7. The fourth-order valence-corrected chi connectivity index (χ4v) is 4.77. The molecule has 1 saturated heterocycles. The van der Waals surface area contributed by atoms with Crippen LogP contribution in [-0.2, 0) is 18.8 Å². The molecule has 5 rings (SSSR count). The Morgan fingerprint density at radius 3 is 2.36 bits per heavy atom. The van der Waals surface area contributed by atoms with Crippen molar-refractivity contribution in [2.24, 2.45) is 0 Å². The second kappa shape index (κ2) is 10.7. The summed E-state index contributed by atoms with van der Waals surface area (Å²) in [6, 6.07) is 8.32. The minimum atomic E-state index is -4.93. The maximum Gasteiger partial charge on any atom is 0.417 e. The topological polar surface area (TPSA) is 67.9 Å². The van der Waals surface area contributed by atoms with E-state index in [2.05, 4.69) is 25.0 Å². The number of pyridine rings is 2. The summed E-state index contributed by atoms with van der Waals surface area (Å²) in [4.78, 5) is 15.1. The standard InChI is InChI=1S/C27H23F6N5O/c28-26(29,30)19-8-9-22(27(31,32)33)21(15-19)25-36-23(37-39-25)20(18-7-4-10-34-16-18)14-17-6-5-11-35-24(17)38-12-2-1-3-13-38/h4-11,15-16,20H,1-3,12-14H2. The van der Waals surface area contributed by atoms with E-state index >= 15 is 0 Å². The summed E-state index contributed by atoms with van der Waals surface area (Å²) in [6.45, 7) is 1.70. The zero-order valence-electron chi connectivity index (χ0n) is 20.5. The van der Waals surface area contributed by atoms with Crippen molar-refractivity contribution in [3.05, 3.63) is 89.1 Å². The highest BCUT2D eigenvalue weighted by atomic mass is 19.4. The molecule has 12 heteroatoms. The summed E-state index contributed by atoms with van der Waals surface area (Å²) >= 11 is 0. The number of hydrogen-bond donors (Lipinski definition) is 0. The van der Waals surface area contributed by atoms with Crippen LogP contribution in [0, 0.1) is 0 Å². The molecule has 4 heterocycles. The number of rotatable bonds is 6. The molecule has 1 aromatic carbocycles. The van der Waals surface area contributed by atoms with E-state index < -0.39 is 40.9 Å². The van der Waals surface area contributed by atoms with Gasteiger partial charge in [-0.1, -0.05) is 17.3 Å². The van der Waals surface area contributed by atoms with E-state index in [1.807, 2.05) is 6.07 Å². The molecule has 1 aliphatic rings. The molecule has 1 atom stereocenters. The first-order valence-corrected chi connectivity index (χ1v) is 12.3. The smallest absolute Gasteiger partial charge is 0.356 e. The third kappa shape index (κ3) is 5.89. The number of piperidine rings is 1. The van der Waals surface area contributed by atoms with Gasteiger partial charge in [-0.25, -0.2) is 4.98 Å². The van der Waals surface area contributed by atoms with Gasteiger partial charge in [-0.05, 0) is 67.1 Å². The average molecular weight is 548 g/mol. The van der Waals surface area contributed by atoms with E-state index in [9.17, 15) is 26.3 Å². The molecule has 0 N–H and O–H groups in total. The third-order valence-electron chi connectivity index (χ3n) is 6.67. The van der Waals surface area contributed by atoms with Crippen LogP contribution in [0.4, 0.5) is 32.2 Å². The molecule has 0 spiro atoms. The molecule has 0 radical (unpaired) electrons. The minimum absolute atomic E-state index is 0.0250. The Hall–Kier alpha value is -3.96. The van der Waals surface area contributed by atoms with E-state index in [1.165, 1.54) is 0 Å². The highest BCUT2D eigenvalue weighted by Crippen LogP contribution is 2.41. The Bertz CT molecular complexity index is 1410. The lowest BCUT2D eigenvalue weighted by molar-refractivity contribution is -0.141. The molecule has 1 unspecified atom stereocenters. The van der Waals surface area contributed by atoms with Crippen molar-refractivity contribution >= 4 is 5.82 Å². The Kier molecular flexibility index (Phi) is 7.28. The molecule has 0 saturated carbocycles. The van der Waals surface area contributed by atoms with Gasteiger partial charge in [0.25, 0.3) is 5.89 Å². The molecular weight excluding hydrogens is 524 g/mol. The van der Waals surface area contributed by atoms with Gasteiger partial charge in [0.05, 0.1) is 22.6 Å². The van der Waals surface area contributed by atoms with Gasteiger partial charge in [-0.15, -0.1) is 0 Å². The van der Waals surface area contributed by atoms with Crippen molar-refractivity contribution in [2.75, 3.05) is 18.0 Å². The fraction of sp³-hybridized carbons (Fsp3) is 0.333. The summed E-state index contributed by atoms with van der Waals surface area (Å²) in [5.74, 6) is -0.437. The number of nitrogens with zero attached hydrogens (tertiary/aromatic N) is 5. The summed E-state index contributed by atoms with van der Waals surface area (Å²) in [5.41, 5.74) is -1.86. The van der Waals surface area contributed by atoms with Gasteiger partial charge in [0.1, 0.15) is 5.82 Å². The Morgan fingerprint density at radius 1 is 0.897 bits per heavy atom. The first kappa shape index (κ1) is 26.6. The van der Waals surface area contributed by atoms with E-state index in [-0.39, 0.29) is 5.82 Å². The van der Waals surface area contributed by atoms with Crippen LogP contribution >= 0.6 is 0 Å². The number of benzene rings is 1. The second-order valence-electron chi connectivity index (χ2n) is 9.29. The molecule has 1 fully saturated rings. The maximum atomic E-state index is 13.7. The van der Waals surface area contributed by atoms with Gasteiger partial charge in [-0.3, -0.25) is 4.98 Å². The van der Waals surface area contributed by atoms with Gasteiger partial charge < -0.3 is 9.42 Å². The summed E-state index contributed by atoms with van der Waals surface area (Å²) < 4.78 is 86.3. The molecule has 0 aliphatic carbocycles. The van der Waals surface area contributed by atoms with Gasteiger partial charge in [-0.2, -0.15) is 31.3 Å². The van der Waals surface area contributed by atoms with Crippen molar-refractivity contribution in [2.45, 2.75) is 44.0 Å². The van der Waals surface area contributed by atoms with Crippen LogP contribution in [0.2, 0.25) is 0 Å². The van der Waals surface area contributed by atoms with Gasteiger partial charge in [0.15, 0.2) is 5.82 Å². The van der Waals surface area contributed by atoms with Crippen LogP contribution in [-0.4, -0.2) is 33.2 Å². The number of hydrogen-bond acceptors (Lipinski definition) is 6. The van der Waals surface area contributed by atoms with Crippen LogP contribution in [0.3, 0.4) is 0 Å². The second-order valence-corrected chi connectivity index (χ2v) is 9.29. The predicted molar refractivity (Wildman–Crippen MR) is 130 cm³/mol. The molecule has 1 aliphatic heterocycles. The van der Waals surface area contributed by atoms with Crippen molar-refractivity contribution in [3.63, 3.8) is 0 Å². The molecular formula is C27H23F6N5O. The zero-order valence-corrected chi connectivity index (χ0v) is 20.5. The van der Waals surface area contributed by atoms with Crippen LogP contribution in [0.15, 0.2) is 65.6 Å². The van der Waals surface area contributed by atoms with Crippen LogP contribution in [0.5, 0.6) is 0 Å². The minimum Gasteiger partial charge on any atom is -0.356 e. The van der Waals surface area contributed by atoms with Crippen molar-refractivity contribution < 1.29 is 30.9 Å². The summed E-state index contributed by atoms with van der Waals surface area (Å²) in [7, 11) is 0. The molecule has 6 nitrogen and oxygen atoms in total. The lowest BCUT2D eigenvalue weighted by Crippen LogP contribution is -2.31. The van der Waals surface area contributed by atoms with E-state index in [0.29, 0.717) is 30.2 Å². The number of halogens is 6. The Labute approximate surface area is 219 Å². The van der Waals surface area contributed by atoms with Crippen LogP contribution in [0.25, 0.3) is 11.5 Å². The van der Waals surface area contributed by atoms with Crippen molar-refractivity contribution in [3.8, 4) is 11.5 Å². The SMILES string of the molecule is FC(F)(F)c1ccc(C(F)(F)F)c(-c2nc(C(Cc3cccnc3N3CCCCC3)c3cccnc3)no2)c1. The van der Waals surface area contributed by atoms with Crippen LogP contribution < -0.4 is 4.90 Å². The highest BCUT2D eigenvalue weighted by molar-refractivity contribution is 5.61. The lowest BCUT2D eigenvalue weighted by Gasteiger charge is -2.30. The largest absolute Gasteiger partial charge is 0.417 e. The summed E-state index contributed by atoms with van der Waals surface area (Å²) in [5, 5.41) is 3.93. The van der Waals surface area contributed by atoms with Gasteiger partial charge in [0, 0.05) is 31.7 Å². The number of anilines is 1.